The highest BCUT2D eigenvalue weighted by molar-refractivity contribution is 5.78. The van der Waals surface area contributed by atoms with Crippen molar-refractivity contribution in [2.45, 2.75) is 37.8 Å². The SMILES string of the molecule is O=C1CCC(CN2CCCC2C(=O)O)N1. The van der Waals surface area contributed by atoms with Gasteiger partial charge >= 0.3 is 5.97 Å². The quantitative estimate of drug-likeness (QED) is 0.680. The Balaban J connectivity index is 1.88. The second kappa shape index (κ2) is 4.18. The molecule has 2 aliphatic heterocycles. The lowest BCUT2D eigenvalue weighted by Crippen LogP contribution is -2.43. The number of nitrogens with one attached hydrogen (secondary N) is 1. The fraction of sp³-hybridized carbons (Fsp3) is 0.800. The maximum atomic E-state index is 11.0. The Morgan fingerprint density at radius 3 is 2.93 bits per heavy atom. The van der Waals surface area contributed by atoms with Crippen molar-refractivity contribution in [3.05, 3.63) is 0 Å². The Bertz CT molecular complexity index is 280. The van der Waals surface area contributed by atoms with Crippen LogP contribution in [-0.4, -0.2) is 47.1 Å². The number of likely N-dealkylation sites (tertiary alicyclic amines) is 1. The molecule has 1 amide bonds. The molecular weight excluding hydrogens is 196 g/mol. The van der Waals surface area contributed by atoms with Crippen LogP contribution in [0.3, 0.4) is 0 Å². The molecule has 0 aromatic carbocycles. The Morgan fingerprint density at radius 2 is 2.33 bits per heavy atom. The minimum atomic E-state index is -0.739. The van der Waals surface area contributed by atoms with Gasteiger partial charge in [0.15, 0.2) is 0 Å². The Labute approximate surface area is 88.4 Å². The molecule has 2 unspecified atom stereocenters. The zero-order valence-corrected chi connectivity index (χ0v) is 8.61. The smallest absolute Gasteiger partial charge is 0.320 e. The first kappa shape index (κ1) is 10.4. The molecule has 2 fully saturated rings. The van der Waals surface area contributed by atoms with E-state index in [4.69, 9.17) is 5.11 Å². The summed E-state index contributed by atoms with van der Waals surface area (Å²) in [5.41, 5.74) is 0. The molecule has 0 saturated carbocycles. The summed E-state index contributed by atoms with van der Waals surface area (Å²) in [6.45, 7) is 1.52. The molecule has 5 heteroatoms. The number of nitrogens with zero attached hydrogens (tertiary/aromatic N) is 1. The summed E-state index contributed by atoms with van der Waals surface area (Å²) in [4.78, 5) is 23.9. The van der Waals surface area contributed by atoms with Crippen molar-refractivity contribution in [2.75, 3.05) is 13.1 Å². The fourth-order valence-corrected chi connectivity index (χ4v) is 2.42. The lowest BCUT2D eigenvalue weighted by molar-refractivity contribution is -0.142. The van der Waals surface area contributed by atoms with Gasteiger partial charge in [-0.15, -0.1) is 0 Å². The summed E-state index contributed by atoms with van der Waals surface area (Å²) < 4.78 is 0. The van der Waals surface area contributed by atoms with E-state index in [1.54, 1.807) is 0 Å². The number of hydrogen-bond donors (Lipinski definition) is 2. The zero-order valence-electron chi connectivity index (χ0n) is 8.61. The Kier molecular flexibility index (Phi) is 2.90. The minimum Gasteiger partial charge on any atom is -0.480 e. The maximum Gasteiger partial charge on any atom is 0.320 e. The average Bonchev–Trinajstić information content (AvgIpc) is 2.75. The van der Waals surface area contributed by atoms with Crippen LogP contribution in [0.5, 0.6) is 0 Å². The summed E-state index contributed by atoms with van der Waals surface area (Å²) in [6.07, 6.45) is 3.09. The van der Waals surface area contributed by atoms with Crippen LogP contribution >= 0.6 is 0 Å². The summed E-state index contributed by atoms with van der Waals surface area (Å²) in [7, 11) is 0. The van der Waals surface area contributed by atoms with Gasteiger partial charge < -0.3 is 10.4 Å². The van der Waals surface area contributed by atoms with Gasteiger partial charge in [-0.3, -0.25) is 14.5 Å². The molecule has 2 aliphatic rings. The first-order valence-electron chi connectivity index (χ1n) is 5.43. The molecule has 0 aromatic heterocycles. The largest absolute Gasteiger partial charge is 0.480 e. The molecule has 2 atom stereocenters. The van der Waals surface area contributed by atoms with Gasteiger partial charge in [0.05, 0.1) is 0 Å². The zero-order chi connectivity index (χ0) is 10.8. The van der Waals surface area contributed by atoms with Crippen molar-refractivity contribution >= 4 is 11.9 Å². The molecule has 2 rings (SSSR count). The van der Waals surface area contributed by atoms with E-state index in [2.05, 4.69) is 5.32 Å². The van der Waals surface area contributed by atoms with E-state index in [1.165, 1.54) is 0 Å². The first-order chi connectivity index (χ1) is 7.16. The number of carbonyl (C=O) groups excluding carboxylic acids is 1. The van der Waals surface area contributed by atoms with Crippen LogP contribution in [0.4, 0.5) is 0 Å². The van der Waals surface area contributed by atoms with Gasteiger partial charge in [0.2, 0.25) is 5.91 Å². The molecule has 0 aromatic rings. The van der Waals surface area contributed by atoms with Crippen molar-refractivity contribution < 1.29 is 14.7 Å². The minimum absolute atomic E-state index is 0.0890. The molecule has 2 saturated heterocycles. The van der Waals surface area contributed by atoms with Gasteiger partial charge in [-0.1, -0.05) is 0 Å². The molecule has 0 radical (unpaired) electrons. The van der Waals surface area contributed by atoms with Gasteiger partial charge in [-0.05, 0) is 25.8 Å². The van der Waals surface area contributed by atoms with Gasteiger partial charge in [-0.2, -0.15) is 0 Å². The van der Waals surface area contributed by atoms with E-state index >= 15 is 0 Å². The van der Waals surface area contributed by atoms with Gasteiger partial charge in [0, 0.05) is 19.0 Å². The second-order valence-electron chi connectivity index (χ2n) is 4.29. The number of carboxylic acids is 1. The van der Waals surface area contributed by atoms with Gasteiger partial charge in [0.1, 0.15) is 6.04 Å². The highest BCUT2D eigenvalue weighted by atomic mass is 16.4. The number of carboxylic acid groups (broad SMARTS) is 1. The lowest BCUT2D eigenvalue weighted by atomic mass is 10.2. The number of hydrogen-bond acceptors (Lipinski definition) is 3. The van der Waals surface area contributed by atoms with Gasteiger partial charge in [0.25, 0.3) is 0 Å². The molecule has 0 aliphatic carbocycles. The molecule has 0 spiro atoms. The Morgan fingerprint density at radius 1 is 1.53 bits per heavy atom. The summed E-state index contributed by atoms with van der Waals surface area (Å²) in [5.74, 6) is -0.650. The van der Waals surface area contributed by atoms with Crippen molar-refractivity contribution in [3.63, 3.8) is 0 Å². The topological polar surface area (TPSA) is 69.6 Å². The third kappa shape index (κ3) is 2.28. The van der Waals surface area contributed by atoms with E-state index < -0.39 is 5.97 Å². The van der Waals surface area contributed by atoms with Crippen LogP contribution in [0.1, 0.15) is 25.7 Å². The first-order valence-corrected chi connectivity index (χ1v) is 5.43. The van der Waals surface area contributed by atoms with E-state index in [9.17, 15) is 9.59 Å². The van der Waals surface area contributed by atoms with Crippen LogP contribution in [-0.2, 0) is 9.59 Å². The standard InChI is InChI=1S/C10H16N2O3/c13-9-4-3-7(11-9)6-12-5-1-2-8(12)10(14)15/h7-8H,1-6H2,(H,11,13)(H,14,15). The highest BCUT2D eigenvalue weighted by Gasteiger charge is 2.33. The lowest BCUT2D eigenvalue weighted by Gasteiger charge is -2.24. The summed E-state index contributed by atoms with van der Waals surface area (Å²) >= 11 is 0. The van der Waals surface area contributed by atoms with Gasteiger partial charge in [-0.25, -0.2) is 0 Å². The van der Waals surface area contributed by atoms with Crippen LogP contribution in [0, 0.1) is 0 Å². The number of aliphatic carboxylic acids is 1. The predicted octanol–water partition coefficient (Wildman–Crippen LogP) is -0.186. The fourth-order valence-electron chi connectivity index (χ4n) is 2.42. The van der Waals surface area contributed by atoms with E-state index in [0.29, 0.717) is 13.0 Å². The van der Waals surface area contributed by atoms with Crippen LogP contribution in [0.2, 0.25) is 0 Å². The summed E-state index contributed by atoms with van der Waals surface area (Å²) in [6, 6.07) is -0.194. The molecular formula is C10H16N2O3. The predicted molar refractivity (Wildman–Crippen MR) is 53.4 cm³/mol. The molecule has 84 valence electrons. The van der Waals surface area contributed by atoms with Crippen molar-refractivity contribution in [2.24, 2.45) is 0 Å². The molecule has 2 N–H and O–H groups in total. The molecule has 5 nitrogen and oxygen atoms in total. The number of rotatable bonds is 3. The molecule has 2 heterocycles. The normalized spacial score (nSPS) is 31.9. The number of amides is 1. The monoisotopic (exact) mass is 212 g/mol. The van der Waals surface area contributed by atoms with Crippen molar-refractivity contribution in [1.29, 1.82) is 0 Å². The third-order valence-electron chi connectivity index (χ3n) is 3.19. The number of carbonyl (C=O) groups is 2. The van der Waals surface area contributed by atoms with Crippen LogP contribution in [0.15, 0.2) is 0 Å². The van der Waals surface area contributed by atoms with Crippen molar-refractivity contribution in [1.82, 2.24) is 10.2 Å². The molecule has 0 bridgehead atoms. The van der Waals surface area contributed by atoms with Crippen LogP contribution in [0.25, 0.3) is 0 Å². The van der Waals surface area contributed by atoms with E-state index in [-0.39, 0.29) is 18.0 Å². The van der Waals surface area contributed by atoms with Crippen LogP contribution < -0.4 is 5.32 Å². The average molecular weight is 212 g/mol. The summed E-state index contributed by atoms with van der Waals surface area (Å²) in [5, 5.41) is 11.8. The maximum absolute atomic E-state index is 11.0. The third-order valence-corrected chi connectivity index (χ3v) is 3.19. The second-order valence-corrected chi connectivity index (χ2v) is 4.29. The molecule has 15 heavy (non-hydrogen) atoms. The highest BCUT2D eigenvalue weighted by Crippen LogP contribution is 2.19. The van der Waals surface area contributed by atoms with E-state index in [1.807, 2.05) is 4.90 Å². The van der Waals surface area contributed by atoms with E-state index in [0.717, 1.165) is 25.8 Å². The Hall–Kier alpha value is -1.10. The van der Waals surface area contributed by atoms with Crippen molar-refractivity contribution in [3.8, 4) is 0 Å².